The number of ether oxygens (including phenoxy) is 1. The normalized spacial score (nSPS) is 31.6. The molecule has 2 fully saturated rings. The Morgan fingerprint density at radius 1 is 1.16 bits per heavy atom. The lowest BCUT2D eigenvalue weighted by atomic mass is 9.82. The fraction of sp³-hybridized carbons (Fsp3) is 1.00. The van der Waals surface area contributed by atoms with Crippen molar-refractivity contribution in [3.05, 3.63) is 0 Å². The van der Waals surface area contributed by atoms with E-state index in [0.29, 0.717) is 5.54 Å². The van der Waals surface area contributed by atoms with Gasteiger partial charge in [0, 0.05) is 56.8 Å². The summed E-state index contributed by atoms with van der Waals surface area (Å²) < 4.78 is 5.68. The van der Waals surface area contributed by atoms with E-state index >= 15 is 0 Å². The molecule has 0 spiro atoms. The minimum absolute atomic E-state index is 0.210. The average Bonchev–Trinajstić information content (AvgIpc) is 2.39. The van der Waals surface area contributed by atoms with Crippen LogP contribution >= 0.6 is 0 Å². The second-order valence-corrected chi connectivity index (χ2v) is 7.29. The third-order valence-electron chi connectivity index (χ3n) is 4.72. The Morgan fingerprint density at radius 3 is 2.32 bits per heavy atom. The van der Waals surface area contributed by atoms with E-state index in [2.05, 4.69) is 30.6 Å². The van der Waals surface area contributed by atoms with Crippen LogP contribution in [-0.2, 0) is 4.74 Å². The monoisotopic (exact) mass is 269 g/mol. The van der Waals surface area contributed by atoms with E-state index in [1.165, 1.54) is 39.0 Å². The summed E-state index contributed by atoms with van der Waals surface area (Å²) in [5, 5.41) is 0. The summed E-state index contributed by atoms with van der Waals surface area (Å²) in [6, 6.07) is 0. The molecule has 4 nitrogen and oxygen atoms in total. The van der Waals surface area contributed by atoms with E-state index < -0.39 is 0 Å². The summed E-state index contributed by atoms with van der Waals surface area (Å²) in [6.07, 6.45) is 2.39. The minimum Gasteiger partial charge on any atom is -0.381 e. The first-order chi connectivity index (χ1) is 8.95. The molecule has 2 rings (SSSR count). The van der Waals surface area contributed by atoms with E-state index in [9.17, 15) is 0 Å². The summed E-state index contributed by atoms with van der Waals surface area (Å²) in [5.41, 5.74) is 6.54. The van der Waals surface area contributed by atoms with Crippen molar-refractivity contribution in [2.75, 3.05) is 52.5 Å². The van der Waals surface area contributed by atoms with Gasteiger partial charge in [0.25, 0.3) is 0 Å². The van der Waals surface area contributed by atoms with Gasteiger partial charge in [-0.05, 0) is 33.6 Å². The summed E-state index contributed by atoms with van der Waals surface area (Å²) >= 11 is 0. The Morgan fingerprint density at radius 2 is 1.84 bits per heavy atom. The summed E-state index contributed by atoms with van der Waals surface area (Å²) in [6.45, 7) is 15.2. The summed E-state index contributed by atoms with van der Waals surface area (Å²) in [5.74, 6) is 0. The molecule has 0 aromatic rings. The molecule has 0 saturated carbocycles. The zero-order chi connectivity index (χ0) is 13.9. The lowest BCUT2D eigenvalue weighted by Crippen LogP contribution is -2.56. The molecule has 2 saturated heterocycles. The van der Waals surface area contributed by atoms with E-state index in [-0.39, 0.29) is 5.41 Å². The van der Waals surface area contributed by atoms with Crippen molar-refractivity contribution in [2.45, 2.75) is 39.2 Å². The molecule has 0 aliphatic carbocycles. The van der Waals surface area contributed by atoms with Gasteiger partial charge in [0.1, 0.15) is 0 Å². The highest BCUT2D eigenvalue weighted by atomic mass is 16.5. The maximum Gasteiger partial charge on any atom is 0.0546 e. The first-order valence-corrected chi connectivity index (χ1v) is 7.70. The van der Waals surface area contributed by atoms with Crippen LogP contribution in [0, 0.1) is 5.41 Å². The third kappa shape index (κ3) is 3.91. The van der Waals surface area contributed by atoms with Crippen molar-refractivity contribution in [1.82, 2.24) is 9.80 Å². The second kappa shape index (κ2) is 6.08. The molecule has 2 aliphatic rings. The second-order valence-electron chi connectivity index (χ2n) is 7.29. The summed E-state index contributed by atoms with van der Waals surface area (Å²) in [7, 11) is 0. The molecule has 0 aromatic carbocycles. The zero-order valence-electron chi connectivity index (χ0n) is 13.0. The van der Waals surface area contributed by atoms with E-state index in [1.54, 1.807) is 0 Å². The number of nitrogens with two attached hydrogens (primary N) is 1. The standard InChI is InChI=1S/C15H31N3O/c1-14(2,3)18-8-6-17(7-9-18)12-15(11-16)5-4-10-19-13-15/h4-13,16H2,1-3H3. The van der Waals surface area contributed by atoms with Gasteiger partial charge < -0.3 is 15.4 Å². The highest BCUT2D eigenvalue weighted by Gasteiger charge is 2.35. The lowest BCUT2D eigenvalue weighted by Gasteiger charge is -2.46. The molecular formula is C15H31N3O. The van der Waals surface area contributed by atoms with Crippen LogP contribution in [0.1, 0.15) is 33.6 Å². The molecule has 0 radical (unpaired) electrons. The largest absolute Gasteiger partial charge is 0.381 e. The first-order valence-electron chi connectivity index (χ1n) is 7.70. The Kier molecular flexibility index (Phi) is 4.88. The maximum atomic E-state index is 6.03. The SMILES string of the molecule is CC(C)(C)N1CCN(CC2(CN)CCCOC2)CC1. The smallest absolute Gasteiger partial charge is 0.0546 e. The average molecular weight is 269 g/mol. The first kappa shape index (κ1) is 15.2. The van der Waals surface area contributed by atoms with Gasteiger partial charge in [-0.25, -0.2) is 0 Å². The van der Waals surface area contributed by atoms with Crippen LogP contribution in [-0.4, -0.2) is 67.8 Å². The molecule has 2 aliphatic heterocycles. The molecular weight excluding hydrogens is 238 g/mol. The predicted octanol–water partition coefficient (Wildman–Crippen LogP) is 1.16. The topological polar surface area (TPSA) is 41.7 Å². The van der Waals surface area contributed by atoms with Crippen LogP contribution < -0.4 is 5.73 Å². The van der Waals surface area contributed by atoms with Gasteiger partial charge in [-0.1, -0.05) is 0 Å². The van der Waals surface area contributed by atoms with Gasteiger partial charge >= 0.3 is 0 Å². The number of hydrogen-bond acceptors (Lipinski definition) is 4. The predicted molar refractivity (Wildman–Crippen MR) is 79.3 cm³/mol. The molecule has 2 heterocycles. The van der Waals surface area contributed by atoms with Crippen LogP contribution in [0.25, 0.3) is 0 Å². The molecule has 4 heteroatoms. The minimum atomic E-state index is 0.210. The van der Waals surface area contributed by atoms with Gasteiger partial charge in [-0.3, -0.25) is 4.90 Å². The molecule has 112 valence electrons. The van der Waals surface area contributed by atoms with Crippen LogP contribution in [0.4, 0.5) is 0 Å². The van der Waals surface area contributed by atoms with Crippen LogP contribution in [0.2, 0.25) is 0 Å². The lowest BCUT2D eigenvalue weighted by molar-refractivity contribution is -0.0340. The molecule has 0 bridgehead atoms. The molecule has 0 aromatic heterocycles. The summed E-state index contributed by atoms with van der Waals surface area (Å²) in [4.78, 5) is 5.17. The van der Waals surface area contributed by atoms with Gasteiger partial charge in [-0.2, -0.15) is 0 Å². The van der Waals surface area contributed by atoms with Gasteiger partial charge in [-0.15, -0.1) is 0 Å². The number of piperazine rings is 1. The molecule has 1 unspecified atom stereocenters. The Bertz CT molecular complexity index is 274. The highest BCUT2D eigenvalue weighted by Crippen LogP contribution is 2.29. The fourth-order valence-corrected chi connectivity index (χ4v) is 3.31. The van der Waals surface area contributed by atoms with Crippen molar-refractivity contribution in [2.24, 2.45) is 11.1 Å². The van der Waals surface area contributed by atoms with Gasteiger partial charge in [0.15, 0.2) is 0 Å². The molecule has 0 amide bonds. The molecule has 19 heavy (non-hydrogen) atoms. The Labute approximate surface area is 118 Å². The van der Waals surface area contributed by atoms with Gasteiger partial charge in [0.2, 0.25) is 0 Å². The Balaban J connectivity index is 1.84. The van der Waals surface area contributed by atoms with E-state index in [4.69, 9.17) is 10.5 Å². The van der Waals surface area contributed by atoms with Crippen LogP contribution in [0.3, 0.4) is 0 Å². The zero-order valence-corrected chi connectivity index (χ0v) is 13.0. The quantitative estimate of drug-likeness (QED) is 0.835. The van der Waals surface area contributed by atoms with Crippen LogP contribution in [0.15, 0.2) is 0 Å². The van der Waals surface area contributed by atoms with Crippen LogP contribution in [0.5, 0.6) is 0 Å². The van der Waals surface area contributed by atoms with Crippen molar-refractivity contribution < 1.29 is 4.74 Å². The third-order valence-corrected chi connectivity index (χ3v) is 4.72. The van der Waals surface area contributed by atoms with Crippen molar-refractivity contribution in [3.63, 3.8) is 0 Å². The number of rotatable bonds is 3. The van der Waals surface area contributed by atoms with Crippen molar-refractivity contribution in [3.8, 4) is 0 Å². The van der Waals surface area contributed by atoms with Crippen molar-refractivity contribution in [1.29, 1.82) is 0 Å². The number of nitrogens with zero attached hydrogens (tertiary/aromatic N) is 2. The van der Waals surface area contributed by atoms with Gasteiger partial charge in [0.05, 0.1) is 6.61 Å². The van der Waals surface area contributed by atoms with E-state index in [0.717, 1.165) is 26.3 Å². The maximum absolute atomic E-state index is 6.03. The number of hydrogen-bond donors (Lipinski definition) is 1. The van der Waals surface area contributed by atoms with E-state index in [1.807, 2.05) is 0 Å². The highest BCUT2D eigenvalue weighted by molar-refractivity contribution is 4.89. The fourth-order valence-electron chi connectivity index (χ4n) is 3.31. The molecule has 2 N–H and O–H groups in total. The molecule has 1 atom stereocenters. The van der Waals surface area contributed by atoms with Crippen molar-refractivity contribution >= 4 is 0 Å². The Hall–Kier alpha value is -0.160.